The fourth-order valence-electron chi connectivity index (χ4n) is 1.22. The topological polar surface area (TPSA) is 59.4 Å². The van der Waals surface area contributed by atoms with Gasteiger partial charge in [0, 0.05) is 5.56 Å². The van der Waals surface area contributed by atoms with Crippen LogP contribution in [-0.2, 0) is 17.9 Å². The normalized spacial score (nSPS) is 11.4. The van der Waals surface area contributed by atoms with Crippen LogP contribution in [0.5, 0.6) is 5.88 Å². The summed E-state index contributed by atoms with van der Waals surface area (Å²) >= 11 is 0. The molecule has 0 fully saturated rings. The zero-order valence-electron chi connectivity index (χ0n) is 8.59. The number of hydrogen-bond acceptors (Lipinski definition) is 3. The van der Waals surface area contributed by atoms with Crippen LogP contribution in [0.25, 0.3) is 0 Å². The Morgan fingerprint density at radius 3 is 2.44 bits per heavy atom. The summed E-state index contributed by atoms with van der Waals surface area (Å²) in [5, 5.41) is 8.46. The third kappa shape index (κ3) is 3.54. The van der Waals surface area contributed by atoms with Crippen LogP contribution < -0.4 is 4.74 Å². The highest BCUT2D eigenvalue weighted by molar-refractivity contribution is 5.71. The minimum absolute atomic E-state index is 0.346. The van der Waals surface area contributed by atoms with Gasteiger partial charge in [0.2, 0.25) is 5.88 Å². The number of pyridine rings is 1. The van der Waals surface area contributed by atoms with Gasteiger partial charge in [0.1, 0.15) is 12.5 Å². The molecule has 18 heavy (non-hydrogen) atoms. The van der Waals surface area contributed by atoms with Crippen molar-refractivity contribution in [3.63, 3.8) is 0 Å². The minimum Gasteiger partial charge on any atom is -0.481 e. The molecule has 0 aliphatic heterocycles. The van der Waals surface area contributed by atoms with Crippen molar-refractivity contribution < 1.29 is 36.6 Å². The van der Waals surface area contributed by atoms with Gasteiger partial charge >= 0.3 is 12.3 Å². The summed E-state index contributed by atoms with van der Waals surface area (Å²) in [6.07, 6.45) is -5.75. The van der Waals surface area contributed by atoms with Gasteiger partial charge in [-0.3, -0.25) is 4.79 Å². The monoisotopic (exact) mass is 271 g/mol. The molecule has 0 radical (unpaired) electrons. The van der Waals surface area contributed by atoms with E-state index in [2.05, 4.69) is 9.72 Å². The van der Waals surface area contributed by atoms with Crippen LogP contribution in [0.4, 0.5) is 22.0 Å². The SMILES string of the molecule is O=C(O)Cc1c(F)cnc(OC(F)(F)F)c1CF. The Balaban J connectivity index is 3.24. The van der Waals surface area contributed by atoms with Gasteiger partial charge in [0.25, 0.3) is 0 Å². The quantitative estimate of drug-likeness (QED) is 0.853. The van der Waals surface area contributed by atoms with Crippen molar-refractivity contribution in [3.05, 3.63) is 23.1 Å². The Morgan fingerprint density at radius 1 is 1.39 bits per heavy atom. The van der Waals surface area contributed by atoms with E-state index in [9.17, 15) is 26.7 Å². The highest BCUT2D eigenvalue weighted by Gasteiger charge is 2.34. The summed E-state index contributed by atoms with van der Waals surface area (Å²) in [6.45, 7) is -1.53. The van der Waals surface area contributed by atoms with Crippen LogP contribution in [-0.4, -0.2) is 22.4 Å². The minimum atomic E-state index is -5.13. The largest absolute Gasteiger partial charge is 0.574 e. The van der Waals surface area contributed by atoms with Crippen LogP contribution in [0.15, 0.2) is 6.20 Å². The number of aromatic nitrogens is 1. The molecule has 0 saturated heterocycles. The number of carbonyl (C=O) groups is 1. The zero-order valence-corrected chi connectivity index (χ0v) is 8.59. The van der Waals surface area contributed by atoms with E-state index >= 15 is 0 Å². The van der Waals surface area contributed by atoms with Gasteiger partial charge in [-0.2, -0.15) is 0 Å². The first-order chi connectivity index (χ1) is 8.24. The molecule has 1 N–H and O–H groups in total. The number of rotatable bonds is 4. The van der Waals surface area contributed by atoms with Gasteiger partial charge in [-0.25, -0.2) is 13.8 Å². The number of hydrogen-bond donors (Lipinski definition) is 1. The molecule has 0 bridgehead atoms. The molecule has 0 aromatic carbocycles. The highest BCUT2D eigenvalue weighted by Crippen LogP contribution is 2.28. The Hall–Kier alpha value is -1.93. The first-order valence-corrected chi connectivity index (χ1v) is 4.44. The van der Waals surface area contributed by atoms with E-state index < -0.39 is 48.3 Å². The van der Waals surface area contributed by atoms with E-state index in [4.69, 9.17) is 5.11 Å². The molecule has 0 saturated carbocycles. The molecule has 0 amide bonds. The average Bonchev–Trinajstić information content (AvgIpc) is 2.20. The molecule has 9 heteroatoms. The van der Waals surface area contributed by atoms with Gasteiger partial charge in [-0.05, 0) is 0 Å². The third-order valence-electron chi connectivity index (χ3n) is 1.88. The second-order valence-corrected chi connectivity index (χ2v) is 3.12. The van der Waals surface area contributed by atoms with Gasteiger partial charge in [-0.15, -0.1) is 13.2 Å². The zero-order chi connectivity index (χ0) is 13.9. The Labute approximate surface area is 97.0 Å². The molecule has 0 spiro atoms. The standard InChI is InChI=1S/C9H6F5NO3/c10-2-5-4(1-7(16)17)6(11)3-15-8(5)18-9(12,13)14/h3H,1-2H2,(H,16,17). The molecule has 1 aromatic rings. The molecule has 4 nitrogen and oxygen atoms in total. The lowest BCUT2D eigenvalue weighted by molar-refractivity contribution is -0.276. The fraction of sp³-hybridized carbons (Fsp3) is 0.333. The fourth-order valence-corrected chi connectivity index (χ4v) is 1.22. The number of carboxylic acids is 1. The van der Waals surface area contributed by atoms with Crippen LogP contribution in [0.1, 0.15) is 11.1 Å². The molecule has 0 aliphatic carbocycles. The maximum Gasteiger partial charge on any atom is 0.574 e. The third-order valence-corrected chi connectivity index (χ3v) is 1.88. The predicted molar refractivity (Wildman–Crippen MR) is 47.0 cm³/mol. The van der Waals surface area contributed by atoms with Crippen molar-refractivity contribution >= 4 is 5.97 Å². The van der Waals surface area contributed by atoms with Crippen LogP contribution in [0.3, 0.4) is 0 Å². The van der Waals surface area contributed by atoms with Crippen LogP contribution in [0, 0.1) is 5.82 Å². The van der Waals surface area contributed by atoms with Crippen molar-refractivity contribution in [1.29, 1.82) is 0 Å². The van der Waals surface area contributed by atoms with Crippen molar-refractivity contribution in [2.24, 2.45) is 0 Å². The first-order valence-electron chi connectivity index (χ1n) is 4.44. The maximum atomic E-state index is 13.2. The van der Waals surface area contributed by atoms with Crippen molar-refractivity contribution in [2.45, 2.75) is 19.5 Å². The number of halogens is 5. The molecular weight excluding hydrogens is 265 g/mol. The molecule has 1 aromatic heterocycles. The Kier molecular flexibility index (Phi) is 4.04. The first kappa shape index (κ1) is 14.1. The number of nitrogens with zero attached hydrogens (tertiary/aromatic N) is 1. The van der Waals surface area contributed by atoms with Crippen LogP contribution >= 0.6 is 0 Å². The molecule has 0 atom stereocenters. The summed E-state index contributed by atoms with van der Waals surface area (Å²) in [7, 11) is 0. The van der Waals surface area contributed by atoms with E-state index in [1.54, 1.807) is 0 Å². The molecule has 100 valence electrons. The predicted octanol–water partition coefficient (Wildman–Crippen LogP) is 2.22. The van der Waals surface area contributed by atoms with E-state index in [0.717, 1.165) is 0 Å². The van der Waals surface area contributed by atoms with E-state index in [-0.39, 0.29) is 0 Å². The Morgan fingerprint density at radius 2 is 2.00 bits per heavy atom. The van der Waals surface area contributed by atoms with E-state index in [1.165, 1.54) is 0 Å². The van der Waals surface area contributed by atoms with Gasteiger partial charge < -0.3 is 9.84 Å². The van der Waals surface area contributed by atoms with E-state index in [1.807, 2.05) is 0 Å². The number of aliphatic carboxylic acids is 1. The van der Waals surface area contributed by atoms with Crippen molar-refractivity contribution in [3.8, 4) is 5.88 Å². The molecule has 1 heterocycles. The summed E-state index contributed by atoms with van der Waals surface area (Å²) in [6, 6.07) is 0. The highest BCUT2D eigenvalue weighted by atomic mass is 19.4. The summed E-state index contributed by atoms with van der Waals surface area (Å²) < 4.78 is 65.0. The van der Waals surface area contributed by atoms with Gasteiger partial charge in [0.05, 0.1) is 18.2 Å². The average molecular weight is 271 g/mol. The lowest BCUT2D eigenvalue weighted by atomic mass is 10.1. The lowest BCUT2D eigenvalue weighted by Gasteiger charge is -2.13. The molecule has 0 unspecified atom stereocenters. The number of ether oxygens (including phenoxy) is 1. The molecular formula is C9H6F5NO3. The smallest absolute Gasteiger partial charge is 0.481 e. The van der Waals surface area contributed by atoms with Gasteiger partial charge in [-0.1, -0.05) is 0 Å². The van der Waals surface area contributed by atoms with E-state index in [0.29, 0.717) is 6.20 Å². The van der Waals surface area contributed by atoms with Gasteiger partial charge in [0.15, 0.2) is 0 Å². The summed E-state index contributed by atoms with van der Waals surface area (Å²) in [5.74, 6) is -3.92. The number of carboxylic acid groups (broad SMARTS) is 1. The maximum absolute atomic E-state index is 13.2. The van der Waals surface area contributed by atoms with Crippen LogP contribution in [0.2, 0.25) is 0 Å². The molecule has 1 rings (SSSR count). The second kappa shape index (κ2) is 5.15. The van der Waals surface area contributed by atoms with Crippen molar-refractivity contribution in [2.75, 3.05) is 0 Å². The number of alkyl halides is 4. The van der Waals surface area contributed by atoms with Crippen molar-refractivity contribution in [1.82, 2.24) is 4.98 Å². The summed E-state index contributed by atoms with van der Waals surface area (Å²) in [5.41, 5.74) is -1.59. The Bertz CT molecular complexity index is 460. The second-order valence-electron chi connectivity index (χ2n) is 3.12. The lowest BCUT2D eigenvalue weighted by Crippen LogP contribution is -2.20. The molecule has 0 aliphatic rings. The summed E-state index contributed by atoms with van der Waals surface area (Å²) in [4.78, 5) is 13.4.